The number of rotatable bonds is 55. The Balaban J connectivity index is 8.24. The van der Waals surface area contributed by atoms with Crippen molar-refractivity contribution in [2.75, 3.05) is 45.8 Å². The Bertz CT molecular complexity index is 2140. The quantitative estimate of drug-likeness (QED) is 0.0187. The molecule has 0 radical (unpaired) electrons. The predicted molar refractivity (Wildman–Crippen MR) is 376 cm³/mol. The van der Waals surface area contributed by atoms with E-state index in [0.29, 0.717) is 12.8 Å². The summed E-state index contributed by atoms with van der Waals surface area (Å²) in [4.78, 5) is 131. The number of hydrogen-bond donors (Lipinski definition) is 6. The minimum Gasteiger partial charge on any atom is -0.481 e. The predicted octanol–water partition coefficient (Wildman–Crippen LogP) is 15.7. The highest BCUT2D eigenvalue weighted by Gasteiger charge is 2.55. The van der Waals surface area contributed by atoms with E-state index in [1.165, 1.54) is 99.7 Å². The molecule has 0 aromatic carbocycles. The van der Waals surface area contributed by atoms with Crippen LogP contribution in [0.1, 0.15) is 328 Å². The summed E-state index contributed by atoms with van der Waals surface area (Å²) in [6.07, 6.45) is 25.1. The molecule has 3 atom stereocenters. The van der Waals surface area contributed by atoms with Crippen LogP contribution in [0.15, 0.2) is 0 Å². The number of ether oxygens (including phenoxy) is 4. The van der Waals surface area contributed by atoms with E-state index in [1.807, 2.05) is 0 Å². The van der Waals surface area contributed by atoms with Crippen molar-refractivity contribution < 1.29 is 72.3 Å². The summed E-state index contributed by atoms with van der Waals surface area (Å²) in [6.45, 7) is 25.0. The van der Waals surface area contributed by atoms with Gasteiger partial charge in [-0.1, -0.05) is 181 Å². The average Bonchev–Trinajstić information content (AvgIpc) is 0.761. The maximum absolute atomic E-state index is 17.0. The fourth-order valence-corrected chi connectivity index (χ4v) is 11.4. The van der Waals surface area contributed by atoms with Crippen LogP contribution in [0, 0.1) is 0 Å². The molecule has 7 N–H and O–H groups in total. The van der Waals surface area contributed by atoms with Crippen molar-refractivity contribution in [3.05, 3.63) is 0 Å². The van der Waals surface area contributed by atoms with Crippen LogP contribution in [0.4, 0.5) is 19.2 Å². The maximum atomic E-state index is 17.0. The van der Waals surface area contributed by atoms with Gasteiger partial charge in [0.1, 0.15) is 28.4 Å². The summed E-state index contributed by atoms with van der Waals surface area (Å²) in [7, 11) is 0. The Morgan fingerprint density at radius 3 is 1.14 bits per heavy atom. The molecule has 554 valence electrons. The minimum absolute atomic E-state index is 0.00754. The normalized spacial score (nSPS) is 13.3. The summed E-state index contributed by atoms with van der Waals surface area (Å²) in [6, 6.07) is -3.40. The second-order valence-corrected chi connectivity index (χ2v) is 30.0. The van der Waals surface area contributed by atoms with Crippen molar-refractivity contribution >= 4 is 53.9 Å². The topological polar surface area (TPSA) is 303 Å². The number of aliphatic carboxylic acids is 2. The molecule has 0 fully saturated rings. The standard InChI is InChI=1S/C73H137N7O15/c1-15-17-19-21-23-25-27-29-31-33-35-37-39-41-55-79(56-42-40-38-36-34-32-30-28-26-24-22-20-18-16-2)73(50-49-60(74)81,64(87)77-58(63(85)86)47-48-61(82)83)62(84)59(80(68(91)95-72(12,13)14)57-45-52-76-66(89)93-70(6,7)8)46-43-53-78(67(90)94-71(9,10)11)54-44-51-75-65(88)92-69(3,4)5/h58-59H,15-57H2,1-14H3,(H2,74,81)(H,75,88)(H,76,89)(H,77,87)(H,82,83)(H,85,86)/t58-,59-,73+/m0/s1. The molecule has 0 heterocycles. The van der Waals surface area contributed by atoms with Crippen molar-refractivity contribution in [2.45, 2.75) is 368 Å². The molecular formula is C73H137N7O15. The Hall–Kier alpha value is -5.41. The second-order valence-electron chi connectivity index (χ2n) is 30.0. The summed E-state index contributed by atoms with van der Waals surface area (Å²) in [5.41, 5.74) is -0.0754. The molecule has 0 bridgehead atoms. The lowest BCUT2D eigenvalue weighted by Gasteiger charge is -2.45. The molecular weight excluding hydrogens is 1210 g/mol. The molecule has 0 aliphatic heterocycles. The molecule has 0 aromatic heterocycles. The van der Waals surface area contributed by atoms with Gasteiger partial charge in [0.2, 0.25) is 11.8 Å². The monoisotopic (exact) mass is 1350 g/mol. The van der Waals surface area contributed by atoms with Gasteiger partial charge in [0, 0.05) is 45.6 Å². The fraction of sp³-hybridized carbons (Fsp3) is 0.877. The lowest BCUT2D eigenvalue weighted by Crippen LogP contribution is -2.69. The molecule has 6 amide bonds. The highest BCUT2D eigenvalue weighted by atomic mass is 16.6. The lowest BCUT2D eigenvalue weighted by atomic mass is 9.79. The summed E-state index contributed by atoms with van der Waals surface area (Å²) >= 11 is 0. The number of carbonyl (C=O) groups excluding carboxylic acids is 7. The van der Waals surface area contributed by atoms with Gasteiger partial charge in [-0.05, 0) is 148 Å². The van der Waals surface area contributed by atoms with Crippen LogP contribution >= 0.6 is 0 Å². The van der Waals surface area contributed by atoms with Crippen LogP contribution in [-0.2, 0) is 42.9 Å². The van der Waals surface area contributed by atoms with E-state index < -0.39 is 120 Å². The first-order chi connectivity index (χ1) is 44.6. The molecule has 0 aliphatic rings. The number of nitrogens with zero attached hydrogens (tertiary/aromatic N) is 3. The number of hydrogen-bond acceptors (Lipinski definition) is 14. The minimum atomic E-state index is -2.42. The molecule has 0 aliphatic carbocycles. The van der Waals surface area contributed by atoms with Gasteiger partial charge < -0.3 is 55.7 Å². The van der Waals surface area contributed by atoms with E-state index in [4.69, 9.17) is 24.7 Å². The average molecular weight is 1350 g/mol. The van der Waals surface area contributed by atoms with Gasteiger partial charge in [-0.2, -0.15) is 0 Å². The highest BCUT2D eigenvalue weighted by molar-refractivity contribution is 6.14. The Kier molecular flexibility index (Phi) is 47.2. The van der Waals surface area contributed by atoms with Crippen LogP contribution in [0.3, 0.4) is 0 Å². The van der Waals surface area contributed by atoms with Crippen LogP contribution in [0.25, 0.3) is 0 Å². The fourth-order valence-electron chi connectivity index (χ4n) is 11.4. The van der Waals surface area contributed by atoms with Gasteiger partial charge in [-0.3, -0.25) is 29.0 Å². The number of unbranched alkanes of at least 4 members (excludes halogenated alkanes) is 26. The number of alkyl carbamates (subject to hydrolysis) is 2. The smallest absolute Gasteiger partial charge is 0.410 e. The van der Waals surface area contributed by atoms with E-state index in [-0.39, 0.29) is 71.5 Å². The number of ketones is 1. The van der Waals surface area contributed by atoms with E-state index >= 15 is 14.4 Å². The summed E-state index contributed by atoms with van der Waals surface area (Å²) < 4.78 is 22.9. The van der Waals surface area contributed by atoms with Gasteiger partial charge in [-0.15, -0.1) is 0 Å². The van der Waals surface area contributed by atoms with E-state index in [1.54, 1.807) is 88.0 Å². The Morgan fingerprint density at radius 2 is 0.779 bits per heavy atom. The van der Waals surface area contributed by atoms with E-state index in [9.17, 15) is 39.0 Å². The molecule has 0 saturated carbocycles. The van der Waals surface area contributed by atoms with Gasteiger partial charge >= 0.3 is 36.3 Å². The van der Waals surface area contributed by atoms with Gasteiger partial charge in [0.25, 0.3) is 0 Å². The van der Waals surface area contributed by atoms with Crippen molar-refractivity contribution in [3.8, 4) is 0 Å². The third-order valence-corrected chi connectivity index (χ3v) is 16.3. The molecule has 0 rings (SSSR count). The van der Waals surface area contributed by atoms with Gasteiger partial charge in [0.15, 0.2) is 11.3 Å². The van der Waals surface area contributed by atoms with Gasteiger partial charge in [-0.25, -0.2) is 24.0 Å². The number of primary amides is 1. The SMILES string of the molecule is CCCCCCCCCCCCCCCCN(CCCCCCCCCCCCCCCC)[C@@](CCC(N)=O)(C(=O)N[C@@H](CCC(=O)O)C(=O)O)C(=O)[C@H](CCCN(CCCNC(=O)OC(C)(C)C)C(=O)OC(C)(C)C)N(CCCNC(=O)OC(C)(C)C)C(=O)OC(C)(C)C. The lowest BCUT2D eigenvalue weighted by molar-refractivity contribution is -0.154. The Morgan fingerprint density at radius 1 is 0.421 bits per heavy atom. The molecule has 0 spiro atoms. The largest absolute Gasteiger partial charge is 0.481 e. The van der Waals surface area contributed by atoms with Gasteiger partial charge in [0.05, 0.1) is 6.04 Å². The molecule has 22 nitrogen and oxygen atoms in total. The zero-order valence-electron chi connectivity index (χ0n) is 62.2. The zero-order valence-corrected chi connectivity index (χ0v) is 62.2. The third-order valence-electron chi connectivity index (χ3n) is 16.3. The first kappa shape index (κ1) is 89.6. The molecule has 22 heteroatoms. The second kappa shape index (κ2) is 50.0. The van der Waals surface area contributed by atoms with Crippen molar-refractivity contribution in [1.82, 2.24) is 30.7 Å². The number of amides is 6. The molecule has 95 heavy (non-hydrogen) atoms. The van der Waals surface area contributed by atoms with E-state index in [0.717, 1.165) is 77.0 Å². The molecule has 0 saturated heterocycles. The Labute approximate surface area is 574 Å². The number of carboxylic acid groups (broad SMARTS) is 2. The number of carbonyl (C=O) groups is 9. The van der Waals surface area contributed by atoms with Crippen LogP contribution < -0.4 is 21.7 Å². The number of nitrogens with one attached hydrogen (secondary N) is 3. The van der Waals surface area contributed by atoms with Crippen LogP contribution in [0.5, 0.6) is 0 Å². The number of Topliss-reactive ketones (excluding diaryl/α,β-unsaturated/α-hetero) is 1. The summed E-state index contributed by atoms with van der Waals surface area (Å²) in [5.74, 6) is -5.68. The number of nitrogens with two attached hydrogens (primary N) is 1. The van der Waals surface area contributed by atoms with Crippen molar-refractivity contribution in [3.63, 3.8) is 0 Å². The zero-order chi connectivity index (χ0) is 71.9. The number of carboxylic acids is 2. The van der Waals surface area contributed by atoms with E-state index in [2.05, 4.69) is 29.8 Å². The van der Waals surface area contributed by atoms with Crippen LogP contribution in [0.2, 0.25) is 0 Å². The molecule has 0 aromatic rings. The molecule has 0 unspecified atom stereocenters. The first-order valence-corrected chi connectivity index (χ1v) is 36.8. The van der Waals surface area contributed by atoms with Crippen LogP contribution in [-0.4, -0.2) is 165 Å². The highest BCUT2D eigenvalue weighted by Crippen LogP contribution is 2.32. The van der Waals surface area contributed by atoms with Crippen molar-refractivity contribution in [2.24, 2.45) is 5.73 Å². The van der Waals surface area contributed by atoms with Crippen molar-refractivity contribution in [1.29, 1.82) is 0 Å². The summed E-state index contributed by atoms with van der Waals surface area (Å²) in [5, 5.41) is 28.5. The third kappa shape index (κ3) is 46.4. The maximum Gasteiger partial charge on any atom is 0.410 e. The first-order valence-electron chi connectivity index (χ1n) is 36.8.